The quantitative estimate of drug-likeness (QED) is 0.624. The van der Waals surface area contributed by atoms with Gasteiger partial charge in [-0.2, -0.15) is 0 Å². The van der Waals surface area contributed by atoms with E-state index < -0.39 is 11.9 Å². The van der Waals surface area contributed by atoms with Crippen molar-refractivity contribution in [3.8, 4) is 0 Å². The van der Waals surface area contributed by atoms with Crippen molar-refractivity contribution < 1.29 is 19.4 Å². The van der Waals surface area contributed by atoms with Crippen LogP contribution in [0.2, 0.25) is 0 Å². The number of carbonyl (C=O) groups excluding carboxylic acids is 1. The molecule has 0 radical (unpaired) electrons. The van der Waals surface area contributed by atoms with Gasteiger partial charge in [0.2, 0.25) is 0 Å². The summed E-state index contributed by atoms with van der Waals surface area (Å²) in [5.74, 6) is -1.19. The van der Waals surface area contributed by atoms with Crippen molar-refractivity contribution in [1.82, 2.24) is 4.57 Å². The molecule has 0 spiro atoms. The van der Waals surface area contributed by atoms with Crippen molar-refractivity contribution in [2.45, 2.75) is 13.0 Å². The number of rotatable bonds is 5. The number of carboxylic acid groups (broad SMARTS) is 1. The zero-order valence-corrected chi connectivity index (χ0v) is 9.53. The Hall–Kier alpha value is -1.49. The molecule has 0 fully saturated rings. The van der Waals surface area contributed by atoms with Crippen molar-refractivity contribution in [1.29, 1.82) is 0 Å². The largest absolute Gasteiger partial charge is 0.481 e. The number of carbonyl (C=O) groups is 2. The number of ether oxygens (including phenoxy) is 1. The summed E-state index contributed by atoms with van der Waals surface area (Å²) in [7, 11) is 1.26. The molecule has 88 valence electrons. The third-order valence-electron chi connectivity index (χ3n) is 2.13. The first-order valence-electron chi connectivity index (χ1n) is 4.64. The number of aryl methyl sites for hydroxylation is 1. The van der Waals surface area contributed by atoms with Crippen LogP contribution in [0.25, 0.3) is 0 Å². The normalized spacial score (nSPS) is 10.1. The van der Waals surface area contributed by atoms with Crippen LogP contribution in [0.1, 0.15) is 16.1 Å². The van der Waals surface area contributed by atoms with Crippen molar-refractivity contribution in [3.63, 3.8) is 0 Å². The van der Waals surface area contributed by atoms with Crippen molar-refractivity contribution in [3.05, 3.63) is 23.5 Å². The van der Waals surface area contributed by atoms with E-state index in [-0.39, 0.29) is 12.0 Å². The topological polar surface area (TPSA) is 68.5 Å². The summed E-state index contributed by atoms with van der Waals surface area (Å²) in [4.78, 5) is 22.1. The maximum Gasteiger partial charge on any atom is 0.339 e. The Balaban J connectivity index is 3.08. The number of nitrogens with zero attached hydrogens (tertiary/aromatic N) is 1. The van der Waals surface area contributed by atoms with E-state index in [2.05, 4.69) is 4.74 Å². The zero-order valence-electron chi connectivity index (χ0n) is 8.77. The maximum atomic E-state index is 11.4. The monoisotopic (exact) mass is 245 g/mol. The second kappa shape index (κ2) is 5.55. The first-order chi connectivity index (χ1) is 7.60. The standard InChI is InChI=1S/C10H12ClNO4/c1-16-10(15)7-2-4-12(5-3-11)8(7)6-9(13)14/h2,4H,3,5-6H2,1H3,(H,13,14). The summed E-state index contributed by atoms with van der Waals surface area (Å²) in [6.07, 6.45) is 1.40. The fraction of sp³-hybridized carbons (Fsp3) is 0.400. The summed E-state index contributed by atoms with van der Waals surface area (Å²) in [5.41, 5.74) is 0.690. The Labute approximate surface area is 97.6 Å². The number of hydrogen-bond donors (Lipinski definition) is 1. The molecular weight excluding hydrogens is 234 g/mol. The molecule has 0 atom stereocenters. The summed E-state index contributed by atoms with van der Waals surface area (Å²) in [6.45, 7) is 0.459. The lowest BCUT2D eigenvalue weighted by Crippen LogP contribution is -2.13. The third-order valence-corrected chi connectivity index (χ3v) is 2.30. The van der Waals surface area contributed by atoms with E-state index >= 15 is 0 Å². The lowest BCUT2D eigenvalue weighted by molar-refractivity contribution is -0.136. The maximum absolute atomic E-state index is 11.4. The molecule has 1 rings (SSSR count). The predicted octanol–water partition coefficient (Wildman–Crippen LogP) is 1.14. The minimum absolute atomic E-state index is 0.228. The molecule has 0 saturated carbocycles. The highest BCUT2D eigenvalue weighted by Crippen LogP contribution is 2.14. The van der Waals surface area contributed by atoms with Gasteiger partial charge in [-0.3, -0.25) is 4.79 Å². The minimum Gasteiger partial charge on any atom is -0.481 e. The van der Waals surface area contributed by atoms with E-state index in [1.165, 1.54) is 13.2 Å². The van der Waals surface area contributed by atoms with Crippen LogP contribution >= 0.6 is 11.6 Å². The van der Waals surface area contributed by atoms with Crippen molar-refractivity contribution in [2.24, 2.45) is 0 Å². The van der Waals surface area contributed by atoms with Crippen LogP contribution in [0.5, 0.6) is 0 Å². The van der Waals surface area contributed by atoms with Gasteiger partial charge in [0.1, 0.15) is 0 Å². The number of esters is 1. The summed E-state index contributed by atoms with van der Waals surface area (Å²) in [5, 5.41) is 8.76. The Morgan fingerprint density at radius 2 is 2.25 bits per heavy atom. The summed E-state index contributed by atoms with van der Waals surface area (Å²) in [6, 6.07) is 1.54. The molecule has 1 heterocycles. The van der Waals surface area contributed by atoms with Gasteiger partial charge >= 0.3 is 11.9 Å². The van der Waals surface area contributed by atoms with Crippen LogP contribution in [-0.2, 0) is 22.5 Å². The van der Waals surface area contributed by atoms with E-state index in [4.69, 9.17) is 16.7 Å². The number of halogens is 1. The highest BCUT2D eigenvalue weighted by atomic mass is 35.5. The second-order valence-electron chi connectivity index (χ2n) is 3.12. The van der Waals surface area contributed by atoms with Crippen LogP contribution < -0.4 is 0 Å². The van der Waals surface area contributed by atoms with Crippen molar-refractivity contribution >= 4 is 23.5 Å². The molecule has 6 heteroatoms. The Kier molecular flexibility index (Phi) is 4.37. The molecule has 0 amide bonds. The molecule has 5 nitrogen and oxygen atoms in total. The molecule has 0 aliphatic heterocycles. The number of hydrogen-bond acceptors (Lipinski definition) is 3. The van der Waals surface area contributed by atoms with E-state index in [9.17, 15) is 9.59 Å². The smallest absolute Gasteiger partial charge is 0.339 e. The second-order valence-corrected chi connectivity index (χ2v) is 3.50. The highest BCUT2D eigenvalue weighted by molar-refractivity contribution is 6.17. The molecule has 0 aliphatic carbocycles. The van der Waals surface area contributed by atoms with Crippen LogP contribution in [-0.4, -0.2) is 34.6 Å². The van der Waals surface area contributed by atoms with Crippen LogP contribution in [0, 0.1) is 0 Å². The first kappa shape index (κ1) is 12.6. The SMILES string of the molecule is COC(=O)c1ccn(CCCl)c1CC(=O)O. The number of aromatic nitrogens is 1. The van der Waals surface area contributed by atoms with E-state index in [1.807, 2.05) is 0 Å². The van der Waals surface area contributed by atoms with Gasteiger partial charge in [-0.15, -0.1) is 11.6 Å². The zero-order chi connectivity index (χ0) is 12.1. The number of aliphatic carboxylic acids is 1. The average molecular weight is 246 g/mol. The van der Waals surface area contributed by atoms with Gasteiger partial charge in [0.15, 0.2) is 0 Å². The molecule has 0 aliphatic rings. The molecule has 0 aromatic carbocycles. The average Bonchev–Trinajstić information content (AvgIpc) is 2.61. The Morgan fingerprint density at radius 1 is 1.56 bits per heavy atom. The van der Waals surface area contributed by atoms with E-state index in [1.54, 1.807) is 10.8 Å². The Bertz CT molecular complexity index is 400. The number of methoxy groups -OCH3 is 1. The molecular formula is C10H12ClNO4. The van der Waals surface area contributed by atoms with Crippen LogP contribution in [0.15, 0.2) is 12.3 Å². The molecule has 16 heavy (non-hydrogen) atoms. The lowest BCUT2D eigenvalue weighted by atomic mass is 10.2. The van der Waals surface area contributed by atoms with Gasteiger partial charge in [-0.05, 0) is 6.07 Å². The molecule has 0 bridgehead atoms. The molecule has 1 N–H and O–H groups in total. The van der Waals surface area contributed by atoms with Gasteiger partial charge in [0.25, 0.3) is 0 Å². The highest BCUT2D eigenvalue weighted by Gasteiger charge is 2.18. The van der Waals surface area contributed by atoms with E-state index in [0.29, 0.717) is 18.1 Å². The van der Waals surface area contributed by atoms with Gasteiger partial charge < -0.3 is 14.4 Å². The minimum atomic E-state index is -1.00. The number of carboxylic acids is 1. The van der Waals surface area contributed by atoms with Crippen LogP contribution in [0.3, 0.4) is 0 Å². The van der Waals surface area contributed by atoms with Crippen LogP contribution in [0.4, 0.5) is 0 Å². The predicted molar refractivity (Wildman–Crippen MR) is 57.8 cm³/mol. The lowest BCUT2D eigenvalue weighted by Gasteiger charge is -2.07. The summed E-state index contributed by atoms with van der Waals surface area (Å²) < 4.78 is 6.22. The summed E-state index contributed by atoms with van der Waals surface area (Å²) >= 11 is 5.58. The third kappa shape index (κ3) is 2.76. The van der Waals surface area contributed by atoms with Gasteiger partial charge in [0.05, 0.1) is 19.1 Å². The molecule has 0 saturated heterocycles. The van der Waals surface area contributed by atoms with Gasteiger partial charge in [0, 0.05) is 24.3 Å². The first-order valence-corrected chi connectivity index (χ1v) is 5.17. The van der Waals surface area contributed by atoms with Gasteiger partial charge in [-0.1, -0.05) is 0 Å². The van der Waals surface area contributed by atoms with E-state index in [0.717, 1.165) is 0 Å². The van der Waals surface area contributed by atoms with Gasteiger partial charge in [-0.25, -0.2) is 4.79 Å². The number of alkyl halides is 1. The fourth-order valence-electron chi connectivity index (χ4n) is 1.44. The molecule has 0 unspecified atom stereocenters. The molecule has 1 aromatic rings. The van der Waals surface area contributed by atoms with Crippen molar-refractivity contribution in [2.75, 3.05) is 13.0 Å². The fourth-order valence-corrected chi connectivity index (χ4v) is 1.62. The Morgan fingerprint density at radius 3 is 2.75 bits per heavy atom. The molecule has 1 aromatic heterocycles.